The predicted molar refractivity (Wildman–Crippen MR) is 233 cm³/mol. The molecule has 2 aliphatic heterocycles. The van der Waals surface area contributed by atoms with Crippen LogP contribution in [-0.2, 0) is 25.9 Å². The van der Waals surface area contributed by atoms with E-state index in [-0.39, 0.29) is 18.2 Å². The number of ether oxygens (including phenoxy) is 3. The number of halogens is 1. The number of sulfonamides is 1. The molecule has 1 amide bonds. The highest BCUT2D eigenvalue weighted by molar-refractivity contribution is 7.90. The van der Waals surface area contributed by atoms with Crippen LogP contribution in [0.2, 0.25) is 5.02 Å². The van der Waals surface area contributed by atoms with Crippen molar-refractivity contribution in [1.82, 2.24) is 19.6 Å². The number of rotatable bonds is 12. The Kier molecular flexibility index (Phi) is 12.0. The fraction of sp³-hybridized carbons (Fsp3) is 0.400. The molecule has 5 aromatic rings. The summed E-state index contributed by atoms with van der Waals surface area (Å²) < 4.78 is 47.8. The van der Waals surface area contributed by atoms with Crippen LogP contribution in [0.1, 0.15) is 56.1 Å². The summed E-state index contributed by atoms with van der Waals surface area (Å²) in [6, 6.07) is 16.4. The van der Waals surface area contributed by atoms with Gasteiger partial charge in [-0.1, -0.05) is 41.8 Å². The molecule has 17 heteroatoms. The topological polar surface area (TPSA) is 173 Å². The first-order chi connectivity index (χ1) is 30.0. The van der Waals surface area contributed by atoms with Gasteiger partial charge in [0.05, 0.1) is 42.7 Å². The number of fused-ring (bicyclic) bond motifs is 1. The van der Waals surface area contributed by atoms with Crippen LogP contribution >= 0.6 is 11.6 Å². The van der Waals surface area contributed by atoms with Gasteiger partial charge in [0.25, 0.3) is 5.69 Å². The van der Waals surface area contributed by atoms with Crippen LogP contribution in [-0.4, -0.2) is 92.9 Å². The molecule has 0 radical (unpaired) electrons. The molecule has 3 aromatic heterocycles. The zero-order valence-corrected chi connectivity index (χ0v) is 35.8. The second-order valence-corrected chi connectivity index (χ2v) is 18.9. The molecule has 2 N–H and O–H groups in total. The number of nitro groups is 1. The van der Waals surface area contributed by atoms with E-state index in [9.17, 15) is 23.3 Å². The highest BCUT2D eigenvalue weighted by Gasteiger charge is 2.41. The number of anilines is 1. The largest absolute Gasteiger partial charge is 0.511 e. The van der Waals surface area contributed by atoms with Crippen LogP contribution in [0.4, 0.5) is 16.2 Å². The number of H-pyrrole nitrogens is 1. The maximum absolute atomic E-state index is 13.7. The third-order valence-corrected chi connectivity index (χ3v) is 14.4. The fourth-order valence-electron chi connectivity index (χ4n) is 9.18. The molecule has 1 atom stereocenters. The van der Waals surface area contributed by atoms with E-state index < -0.39 is 25.9 Å². The number of hydrogen-bond acceptors (Lipinski definition) is 11. The number of aromatic amines is 1. The zero-order valence-electron chi connectivity index (χ0n) is 34.3. The molecule has 9 rings (SSSR count). The van der Waals surface area contributed by atoms with Gasteiger partial charge < -0.3 is 24.1 Å². The molecule has 0 bridgehead atoms. The van der Waals surface area contributed by atoms with Gasteiger partial charge in [-0.05, 0) is 91.8 Å². The van der Waals surface area contributed by atoms with Gasteiger partial charge in [-0.25, -0.2) is 4.98 Å². The molecular weight excluding hydrogens is 834 g/mol. The van der Waals surface area contributed by atoms with E-state index >= 15 is 0 Å². The minimum atomic E-state index is -4.53. The first-order valence-corrected chi connectivity index (χ1v) is 23.0. The minimum Gasteiger partial charge on any atom is -0.450 e. The quantitative estimate of drug-likeness (QED) is 0.0725. The Morgan fingerprint density at radius 3 is 2.63 bits per heavy atom. The second kappa shape index (κ2) is 17.8. The van der Waals surface area contributed by atoms with Crippen LogP contribution in [0.25, 0.3) is 16.6 Å². The van der Waals surface area contributed by atoms with Gasteiger partial charge in [0.2, 0.25) is 0 Å². The number of pyridine rings is 2. The maximum Gasteiger partial charge on any atom is 0.511 e. The zero-order chi connectivity index (χ0) is 42.8. The Labute approximate surface area is 364 Å². The summed E-state index contributed by atoms with van der Waals surface area (Å²) in [4.78, 5) is 36.9. The molecule has 2 aromatic carbocycles. The third kappa shape index (κ3) is 9.20. The van der Waals surface area contributed by atoms with E-state index in [1.54, 1.807) is 18.5 Å². The van der Waals surface area contributed by atoms with Crippen LogP contribution in [0.5, 0.6) is 11.5 Å². The van der Waals surface area contributed by atoms with E-state index in [1.165, 1.54) is 66.9 Å². The average Bonchev–Trinajstić information content (AvgIpc) is 3.74. The number of piperazine rings is 1. The minimum absolute atomic E-state index is 0.209. The lowest BCUT2D eigenvalue weighted by atomic mass is 9.59. The molecule has 4 aliphatic rings. The molecule has 1 saturated carbocycles. The van der Waals surface area contributed by atoms with Crippen molar-refractivity contribution in [2.24, 2.45) is 5.41 Å². The van der Waals surface area contributed by atoms with Crippen LogP contribution in [0, 0.1) is 15.5 Å². The first-order valence-electron chi connectivity index (χ1n) is 21.2. The van der Waals surface area contributed by atoms with Crippen LogP contribution in [0.3, 0.4) is 0 Å². The summed E-state index contributed by atoms with van der Waals surface area (Å²) in [7, 11) is -4.53. The van der Waals surface area contributed by atoms with E-state index in [2.05, 4.69) is 36.6 Å². The number of aryl methyl sites for hydroxylation is 1. The first kappa shape index (κ1) is 41.9. The second-order valence-electron chi connectivity index (χ2n) is 16.7. The van der Waals surface area contributed by atoms with Crippen molar-refractivity contribution in [3.05, 3.63) is 117 Å². The van der Waals surface area contributed by atoms with E-state index in [1.807, 2.05) is 24.3 Å². The number of aromatic nitrogens is 3. The van der Waals surface area contributed by atoms with Gasteiger partial charge in [0.1, 0.15) is 28.7 Å². The van der Waals surface area contributed by atoms with Crippen molar-refractivity contribution in [2.75, 3.05) is 57.4 Å². The van der Waals surface area contributed by atoms with Crippen molar-refractivity contribution in [1.29, 1.82) is 0 Å². The van der Waals surface area contributed by atoms with Crippen LogP contribution < -0.4 is 18.9 Å². The van der Waals surface area contributed by atoms with Gasteiger partial charge in [-0.2, -0.15) is 17.8 Å². The summed E-state index contributed by atoms with van der Waals surface area (Å²) in [6.45, 7) is 5.23. The molecule has 62 heavy (non-hydrogen) atoms. The number of carbonyl (C=O) groups excluding carboxylic acids is 1. The van der Waals surface area contributed by atoms with E-state index in [4.69, 9.17) is 25.8 Å². The molecule has 2 aliphatic carbocycles. The Hall–Kier alpha value is -5.39. The monoisotopic (exact) mass is 882 g/mol. The van der Waals surface area contributed by atoms with Crippen molar-refractivity contribution >= 4 is 55.6 Å². The number of amides is 1. The number of nitrogens with one attached hydrogen (secondary N) is 2. The Morgan fingerprint density at radius 2 is 1.89 bits per heavy atom. The van der Waals surface area contributed by atoms with Gasteiger partial charge in [0, 0.05) is 67.0 Å². The molecule has 1 spiro atoms. The van der Waals surface area contributed by atoms with Gasteiger partial charge >= 0.3 is 16.1 Å². The Balaban J connectivity index is 0.926. The summed E-state index contributed by atoms with van der Waals surface area (Å²) in [5, 5.41) is 13.6. The Morgan fingerprint density at radius 1 is 1.06 bits per heavy atom. The van der Waals surface area contributed by atoms with Crippen molar-refractivity contribution in [3.8, 4) is 11.5 Å². The molecule has 324 valence electrons. The number of allylic oxidation sites excluding steroid dienone is 1. The SMILES string of the molecule is O=C(NS(=O)(=O)c1ccc(CC[C@H]2COCCO2)c([N+](=O)[O-])c1)[n+]1ccc(N2CCN(CC3=C(c4ccc(Cl)cc4)CC4(CCC4)CC3)CC2)c(Oc2cnc3[nH]ccc3c2)c1. The van der Waals surface area contributed by atoms with Gasteiger partial charge in [-0.3, -0.25) is 15.0 Å². The lowest BCUT2D eigenvalue weighted by molar-refractivity contribution is -0.571. The van der Waals surface area contributed by atoms with Gasteiger partial charge in [-0.15, -0.1) is 4.72 Å². The molecule has 15 nitrogen and oxygen atoms in total. The molecule has 2 saturated heterocycles. The number of hydrogen-bond donors (Lipinski definition) is 2. The van der Waals surface area contributed by atoms with Crippen LogP contribution in [0.15, 0.2) is 95.9 Å². The van der Waals surface area contributed by atoms with E-state index in [0.717, 1.165) is 59.2 Å². The maximum atomic E-state index is 13.7. The molecule has 5 heterocycles. The molecule has 3 fully saturated rings. The number of benzene rings is 2. The summed E-state index contributed by atoms with van der Waals surface area (Å²) in [5.41, 5.74) is 6.09. The van der Waals surface area contributed by atoms with Crippen molar-refractivity contribution in [3.63, 3.8) is 0 Å². The lowest BCUT2D eigenvalue weighted by Gasteiger charge is -2.47. The average molecular weight is 883 g/mol. The molecular formula is C45H49ClN7O8S+. The lowest BCUT2D eigenvalue weighted by Crippen LogP contribution is -2.52. The highest BCUT2D eigenvalue weighted by Crippen LogP contribution is 2.55. The highest BCUT2D eigenvalue weighted by atomic mass is 35.5. The third-order valence-electron chi connectivity index (χ3n) is 12.8. The Bertz CT molecular complexity index is 2620. The summed E-state index contributed by atoms with van der Waals surface area (Å²) in [6.07, 6.45) is 14.2. The smallest absolute Gasteiger partial charge is 0.450 e. The number of carbonyl (C=O) groups is 1. The van der Waals surface area contributed by atoms with Gasteiger partial charge in [0.15, 0.2) is 5.75 Å². The van der Waals surface area contributed by atoms with Crippen molar-refractivity contribution < 1.29 is 36.9 Å². The fourth-order valence-corrected chi connectivity index (χ4v) is 10.3. The predicted octanol–water partition coefficient (Wildman–Crippen LogP) is 7.43. The number of nitro benzene ring substituents is 1. The molecule has 0 unspecified atom stereocenters. The summed E-state index contributed by atoms with van der Waals surface area (Å²) >= 11 is 6.28. The van der Waals surface area contributed by atoms with E-state index in [0.29, 0.717) is 67.5 Å². The number of nitrogens with zero attached hydrogens (tertiary/aromatic N) is 5. The summed E-state index contributed by atoms with van der Waals surface area (Å²) in [5.74, 6) is 0.754. The van der Waals surface area contributed by atoms with Crippen molar-refractivity contribution in [2.45, 2.75) is 62.4 Å². The standard InChI is InChI=1S/C45H48ClN7O8S/c46-35-6-2-31(3-7-35)39-26-45(13-1-14-45)15-10-34(39)28-50-18-20-51(21-19-50)40-12-17-52(29-42(40)61-37-24-33-11-16-47-43(33)48-27-37)44(54)49-62(57,58)38-9-5-32(41(25-38)53(55)56)4-8-36-30-59-22-23-60-36/h2-3,5-7,9,11-12,16-17,24-25,27,29,36H,1,4,8,10,13-15,18-23,26,28,30H2,(H-,47,48,49,54)/p+1/t36-/m0/s1. The normalized spacial score (nSPS) is 19.4.